The molecular formula is C17H22N2O. The number of aryl methyl sites for hydroxylation is 1. The summed E-state index contributed by atoms with van der Waals surface area (Å²) in [6.45, 7) is 2.65. The number of hydrogen-bond donors (Lipinski definition) is 1. The van der Waals surface area contributed by atoms with Crippen LogP contribution in [-0.4, -0.2) is 11.5 Å². The third kappa shape index (κ3) is 4.07. The average molecular weight is 270 g/mol. The SMILES string of the molecule is CCCCc1ccc(OC(CN)c2ccncc2)cc1. The fraction of sp³-hybridized carbons (Fsp3) is 0.353. The molecule has 0 spiro atoms. The van der Waals surface area contributed by atoms with Crippen molar-refractivity contribution in [1.82, 2.24) is 4.98 Å². The van der Waals surface area contributed by atoms with E-state index in [1.54, 1.807) is 12.4 Å². The summed E-state index contributed by atoms with van der Waals surface area (Å²) in [5, 5.41) is 0. The van der Waals surface area contributed by atoms with Crippen LogP contribution < -0.4 is 10.5 Å². The molecule has 2 rings (SSSR count). The van der Waals surface area contributed by atoms with Crippen LogP contribution in [-0.2, 0) is 6.42 Å². The van der Waals surface area contributed by atoms with Gasteiger partial charge in [0.15, 0.2) is 0 Å². The highest BCUT2D eigenvalue weighted by molar-refractivity contribution is 5.28. The number of aromatic nitrogens is 1. The Balaban J connectivity index is 2.01. The second-order valence-electron chi connectivity index (χ2n) is 4.87. The van der Waals surface area contributed by atoms with Crippen LogP contribution in [0.1, 0.15) is 37.0 Å². The van der Waals surface area contributed by atoms with Crippen molar-refractivity contribution in [2.24, 2.45) is 5.73 Å². The minimum absolute atomic E-state index is 0.125. The maximum Gasteiger partial charge on any atom is 0.136 e. The van der Waals surface area contributed by atoms with Gasteiger partial charge in [-0.15, -0.1) is 0 Å². The highest BCUT2D eigenvalue weighted by Crippen LogP contribution is 2.21. The first-order valence-corrected chi connectivity index (χ1v) is 7.19. The molecule has 2 aromatic rings. The molecule has 0 radical (unpaired) electrons. The maximum atomic E-state index is 5.96. The standard InChI is InChI=1S/C17H22N2O/c1-2-3-4-14-5-7-16(8-6-14)20-17(13-18)15-9-11-19-12-10-15/h5-12,17H,2-4,13,18H2,1H3. The monoisotopic (exact) mass is 270 g/mol. The number of nitrogens with two attached hydrogens (primary N) is 1. The van der Waals surface area contributed by atoms with Crippen LogP contribution >= 0.6 is 0 Å². The predicted octanol–water partition coefficient (Wildman–Crippen LogP) is 3.50. The van der Waals surface area contributed by atoms with E-state index in [0.29, 0.717) is 6.54 Å². The Morgan fingerprint density at radius 2 is 1.80 bits per heavy atom. The van der Waals surface area contributed by atoms with E-state index < -0.39 is 0 Å². The van der Waals surface area contributed by atoms with Gasteiger partial charge >= 0.3 is 0 Å². The first-order valence-electron chi connectivity index (χ1n) is 7.19. The van der Waals surface area contributed by atoms with Gasteiger partial charge in [0.25, 0.3) is 0 Å². The van der Waals surface area contributed by atoms with E-state index in [1.165, 1.54) is 18.4 Å². The first kappa shape index (κ1) is 14.5. The lowest BCUT2D eigenvalue weighted by Crippen LogP contribution is -2.18. The summed E-state index contributed by atoms with van der Waals surface area (Å²) in [6.07, 6.45) is 6.96. The van der Waals surface area contributed by atoms with Gasteiger partial charge in [0.2, 0.25) is 0 Å². The summed E-state index contributed by atoms with van der Waals surface area (Å²) in [4.78, 5) is 4.01. The van der Waals surface area contributed by atoms with Gasteiger partial charge in [0, 0.05) is 18.9 Å². The van der Waals surface area contributed by atoms with Gasteiger partial charge in [-0.2, -0.15) is 0 Å². The second-order valence-corrected chi connectivity index (χ2v) is 4.87. The number of benzene rings is 1. The Morgan fingerprint density at radius 1 is 1.10 bits per heavy atom. The van der Waals surface area contributed by atoms with Crippen molar-refractivity contribution in [3.63, 3.8) is 0 Å². The molecule has 20 heavy (non-hydrogen) atoms. The predicted molar refractivity (Wildman–Crippen MR) is 81.7 cm³/mol. The molecule has 2 N–H and O–H groups in total. The van der Waals surface area contributed by atoms with Gasteiger partial charge < -0.3 is 10.5 Å². The molecule has 0 fully saturated rings. The lowest BCUT2D eigenvalue weighted by Gasteiger charge is -2.17. The molecule has 0 saturated carbocycles. The van der Waals surface area contributed by atoms with E-state index in [1.807, 2.05) is 24.3 Å². The Morgan fingerprint density at radius 3 is 2.40 bits per heavy atom. The molecule has 106 valence electrons. The molecule has 0 aliphatic heterocycles. The van der Waals surface area contributed by atoms with E-state index in [0.717, 1.165) is 17.7 Å². The topological polar surface area (TPSA) is 48.1 Å². The van der Waals surface area contributed by atoms with Crippen LogP contribution in [0.15, 0.2) is 48.8 Å². The van der Waals surface area contributed by atoms with Crippen molar-refractivity contribution < 1.29 is 4.74 Å². The Bertz CT molecular complexity index is 496. The zero-order valence-electron chi connectivity index (χ0n) is 12.0. The molecular weight excluding hydrogens is 248 g/mol. The van der Waals surface area contributed by atoms with E-state index in [9.17, 15) is 0 Å². The minimum atomic E-state index is -0.125. The molecule has 3 nitrogen and oxygen atoms in total. The van der Waals surface area contributed by atoms with Crippen LogP contribution in [0.2, 0.25) is 0 Å². The average Bonchev–Trinajstić information content (AvgIpc) is 2.52. The van der Waals surface area contributed by atoms with Crippen molar-refractivity contribution in [3.05, 3.63) is 59.9 Å². The molecule has 1 aromatic carbocycles. The molecule has 0 amide bonds. The molecule has 1 aromatic heterocycles. The highest BCUT2D eigenvalue weighted by atomic mass is 16.5. The van der Waals surface area contributed by atoms with Gasteiger partial charge in [-0.25, -0.2) is 0 Å². The van der Waals surface area contributed by atoms with Crippen LogP contribution in [0.3, 0.4) is 0 Å². The second kappa shape index (κ2) is 7.65. The van der Waals surface area contributed by atoms with Crippen molar-refractivity contribution in [3.8, 4) is 5.75 Å². The highest BCUT2D eigenvalue weighted by Gasteiger charge is 2.11. The van der Waals surface area contributed by atoms with Crippen LogP contribution in [0, 0.1) is 0 Å². The summed E-state index contributed by atoms with van der Waals surface area (Å²) in [5.74, 6) is 0.859. The zero-order valence-corrected chi connectivity index (χ0v) is 12.0. The fourth-order valence-electron chi connectivity index (χ4n) is 2.11. The quantitative estimate of drug-likeness (QED) is 0.837. The van der Waals surface area contributed by atoms with Crippen LogP contribution in [0.4, 0.5) is 0 Å². The molecule has 0 aliphatic rings. The molecule has 1 unspecified atom stereocenters. The molecule has 0 saturated heterocycles. The third-order valence-electron chi connectivity index (χ3n) is 3.31. The molecule has 0 aliphatic carbocycles. The Labute approximate surface area is 120 Å². The van der Waals surface area contributed by atoms with Crippen LogP contribution in [0.25, 0.3) is 0 Å². The largest absolute Gasteiger partial charge is 0.484 e. The minimum Gasteiger partial charge on any atom is -0.484 e. The smallest absolute Gasteiger partial charge is 0.136 e. The van der Waals surface area contributed by atoms with Gasteiger partial charge in [-0.3, -0.25) is 4.98 Å². The summed E-state index contributed by atoms with van der Waals surface area (Å²) < 4.78 is 5.96. The van der Waals surface area contributed by atoms with Crippen molar-refractivity contribution in [2.45, 2.75) is 32.3 Å². The summed E-state index contributed by atoms with van der Waals surface area (Å²) in [6, 6.07) is 12.2. The number of pyridine rings is 1. The van der Waals surface area contributed by atoms with E-state index in [4.69, 9.17) is 10.5 Å². The van der Waals surface area contributed by atoms with Gasteiger partial charge in [0.05, 0.1) is 0 Å². The Hall–Kier alpha value is -1.87. The summed E-state index contributed by atoms with van der Waals surface area (Å²) in [5.41, 5.74) is 8.21. The molecule has 3 heteroatoms. The van der Waals surface area contributed by atoms with E-state index in [2.05, 4.69) is 24.0 Å². The lowest BCUT2D eigenvalue weighted by atomic mass is 10.1. The normalized spacial score (nSPS) is 12.1. The van der Waals surface area contributed by atoms with Gasteiger partial charge in [-0.1, -0.05) is 25.5 Å². The van der Waals surface area contributed by atoms with E-state index >= 15 is 0 Å². The number of rotatable bonds is 7. The lowest BCUT2D eigenvalue weighted by molar-refractivity contribution is 0.214. The summed E-state index contributed by atoms with van der Waals surface area (Å²) >= 11 is 0. The number of ether oxygens (including phenoxy) is 1. The number of unbranched alkanes of at least 4 members (excludes halogenated alkanes) is 1. The van der Waals surface area contributed by atoms with Crippen molar-refractivity contribution in [1.29, 1.82) is 0 Å². The zero-order chi connectivity index (χ0) is 14.2. The maximum absolute atomic E-state index is 5.96. The van der Waals surface area contributed by atoms with Gasteiger partial charge in [-0.05, 0) is 48.2 Å². The molecule has 1 heterocycles. The van der Waals surface area contributed by atoms with Gasteiger partial charge in [0.1, 0.15) is 11.9 Å². The number of nitrogens with zero attached hydrogens (tertiary/aromatic N) is 1. The van der Waals surface area contributed by atoms with Crippen molar-refractivity contribution >= 4 is 0 Å². The Kier molecular flexibility index (Phi) is 5.56. The van der Waals surface area contributed by atoms with Crippen molar-refractivity contribution in [2.75, 3.05) is 6.54 Å². The first-order chi connectivity index (χ1) is 9.83. The fourth-order valence-corrected chi connectivity index (χ4v) is 2.11. The van der Waals surface area contributed by atoms with E-state index in [-0.39, 0.29) is 6.10 Å². The number of hydrogen-bond acceptors (Lipinski definition) is 3. The molecule has 1 atom stereocenters. The van der Waals surface area contributed by atoms with Crippen LogP contribution in [0.5, 0.6) is 5.75 Å². The third-order valence-corrected chi connectivity index (χ3v) is 3.31. The molecule has 0 bridgehead atoms. The summed E-state index contributed by atoms with van der Waals surface area (Å²) in [7, 11) is 0.